The lowest BCUT2D eigenvalue weighted by atomic mass is 10.2. The van der Waals surface area contributed by atoms with Gasteiger partial charge < -0.3 is 4.74 Å². The number of hydrogen-bond acceptors (Lipinski definition) is 3. The molecule has 1 aromatic carbocycles. The van der Waals surface area contributed by atoms with E-state index in [0.29, 0.717) is 23.1 Å². The van der Waals surface area contributed by atoms with E-state index in [2.05, 4.69) is 0 Å². The molecule has 0 N–H and O–H groups in total. The molecule has 0 aliphatic rings. The second kappa shape index (κ2) is 5.55. The highest BCUT2D eigenvalue weighted by atomic mass is 35.5. The number of hydrogen-bond donors (Lipinski definition) is 0. The van der Waals surface area contributed by atoms with Crippen LogP contribution in [0.1, 0.15) is 6.92 Å². The molecule has 0 amide bonds. The zero-order valence-electron chi connectivity index (χ0n) is 9.31. The summed E-state index contributed by atoms with van der Waals surface area (Å²) in [4.78, 5) is 0.297. The summed E-state index contributed by atoms with van der Waals surface area (Å²) in [6, 6.07) is 6.38. The van der Waals surface area contributed by atoms with Crippen molar-refractivity contribution in [2.24, 2.45) is 5.92 Å². The summed E-state index contributed by atoms with van der Waals surface area (Å²) in [7, 11) is -3.13. The van der Waals surface area contributed by atoms with E-state index < -0.39 is 9.84 Å². The van der Waals surface area contributed by atoms with Crippen LogP contribution in [-0.4, -0.2) is 27.2 Å². The molecule has 0 aromatic heterocycles. The predicted octanol–water partition coefficient (Wildman–Crippen LogP) is 2.34. The van der Waals surface area contributed by atoms with E-state index in [1.54, 1.807) is 12.1 Å². The average molecular weight is 263 g/mol. The quantitative estimate of drug-likeness (QED) is 0.765. The minimum atomic E-state index is -3.13. The first-order valence-electron chi connectivity index (χ1n) is 4.92. The topological polar surface area (TPSA) is 43.4 Å². The minimum absolute atomic E-state index is 0.274. The lowest BCUT2D eigenvalue weighted by molar-refractivity contribution is 0.272. The fourth-order valence-electron chi connectivity index (χ4n) is 1.07. The zero-order valence-corrected chi connectivity index (χ0v) is 10.9. The highest BCUT2D eigenvalue weighted by molar-refractivity contribution is 7.90. The van der Waals surface area contributed by atoms with E-state index >= 15 is 0 Å². The van der Waals surface area contributed by atoms with Crippen molar-refractivity contribution in [3.05, 3.63) is 24.3 Å². The van der Waals surface area contributed by atoms with Gasteiger partial charge in [-0.15, -0.1) is 11.6 Å². The van der Waals surface area contributed by atoms with Crippen molar-refractivity contribution >= 4 is 21.4 Å². The number of halogens is 1. The van der Waals surface area contributed by atoms with Crippen molar-refractivity contribution in [3.63, 3.8) is 0 Å². The molecule has 5 heteroatoms. The third kappa shape index (κ3) is 4.02. The van der Waals surface area contributed by atoms with Crippen molar-refractivity contribution in [2.45, 2.75) is 11.8 Å². The van der Waals surface area contributed by atoms with E-state index in [4.69, 9.17) is 16.3 Å². The van der Waals surface area contributed by atoms with Crippen LogP contribution in [0.2, 0.25) is 0 Å². The third-order valence-corrected chi connectivity index (χ3v) is 3.71. The Kier molecular flexibility index (Phi) is 4.62. The van der Waals surface area contributed by atoms with Crippen LogP contribution in [0.15, 0.2) is 29.2 Å². The first kappa shape index (κ1) is 13.3. The molecule has 16 heavy (non-hydrogen) atoms. The van der Waals surface area contributed by atoms with Gasteiger partial charge in [-0.2, -0.15) is 0 Å². The summed E-state index contributed by atoms with van der Waals surface area (Å²) in [6.45, 7) is 2.51. The molecule has 90 valence electrons. The summed E-state index contributed by atoms with van der Waals surface area (Å²) in [5.74, 6) is 1.47. The molecule has 3 nitrogen and oxygen atoms in total. The van der Waals surface area contributed by atoms with Gasteiger partial charge in [0.25, 0.3) is 0 Å². The summed E-state index contributed by atoms with van der Waals surface area (Å²) in [5.41, 5.74) is 0. The van der Waals surface area contributed by atoms with Gasteiger partial charge in [0, 0.05) is 18.1 Å². The smallest absolute Gasteiger partial charge is 0.175 e. The summed E-state index contributed by atoms with van der Waals surface area (Å²) in [5, 5.41) is 0. The molecule has 1 atom stereocenters. The van der Waals surface area contributed by atoms with Gasteiger partial charge in [0.2, 0.25) is 0 Å². The van der Waals surface area contributed by atoms with Crippen LogP contribution >= 0.6 is 11.6 Å². The highest BCUT2D eigenvalue weighted by Gasteiger charge is 2.07. The number of benzene rings is 1. The van der Waals surface area contributed by atoms with Crippen molar-refractivity contribution in [1.82, 2.24) is 0 Å². The van der Waals surface area contributed by atoms with Gasteiger partial charge in [0.05, 0.1) is 11.5 Å². The lowest BCUT2D eigenvalue weighted by Gasteiger charge is -2.10. The Balaban J connectivity index is 2.66. The molecule has 0 bridgehead atoms. The lowest BCUT2D eigenvalue weighted by Crippen LogP contribution is -2.09. The number of ether oxygens (including phenoxy) is 1. The van der Waals surface area contributed by atoms with Crippen LogP contribution in [-0.2, 0) is 9.84 Å². The minimum Gasteiger partial charge on any atom is -0.493 e. The molecule has 1 unspecified atom stereocenters. The Morgan fingerprint density at radius 3 is 2.31 bits per heavy atom. The molecule has 1 rings (SSSR count). The van der Waals surface area contributed by atoms with Crippen molar-refractivity contribution in [2.75, 3.05) is 18.7 Å². The SMILES string of the molecule is CC(CCl)COc1ccc(S(C)(=O)=O)cc1. The molecule has 0 fully saturated rings. The molecule has 0 aliphatic heterocycles. The van der Waals surface area contributed by atoms with Crippen LogP contribution < -0.4 is 4.74 Å². The maximum absolute atomic E-state index is 11.2. The van der Waals surface area contributed by atoms with E-state index in [1.165, 1.54) is 18.4 Å². The van der Waals surface area contributed by atoms with E-state index in [9.17, 15) is 8.42 Å². The number of sulfone groups is 1. The van der Waals surface area contributed by atoms with Gasteiger partial charge in [0.15, 0.2) is 9.84 Å². The van der Waals surface area contributed by atoms with Gasteiger partial charge in [-0.3, -0.25) is 0 Å². The van der Waals surface area contributed by atoms with Gasteiger partial charge in [-0.25, -0.2) is 8.42 Å². The Hall–Kier alpha value is -0.740. The third-order valence-electron chi connectivity index (χ3n) is 2.05. The highest BCUT2D eigenvalue weighted by Crippen LogP contribution is 2.16. The molecule has 0 radical (unpaired) electrons. The molecule has 0 spiro atoms. The van der Waals surface area contributed by atoms with Crippen molar-refractivity contribution in [3.8, 4) is 5.75 Å². The first-order valence-corrected chi connectivity index (χ1v) is 7.35. The fourth-order valence-corrected chi connectivity index (χ4v) is 1.79. The van der Waals surface area contributed by atoms with Crippen LogP contribution in [0.5, 0.6) is 5.75 Å². The second-order valence-electron chi connectivity index (χ2n) is 3.81. The van der Waals surface area contributed by atoms with Crippen LogP contribution in [0.4, 0.5) is 0 Å². The average Bonchev–Trinajstić information content (AvgIpc) is 2.25. The number of rotatable bonds is 5. The second-order valence-corrected chi connectivity index (χ2v) is 6.14. The van der Waals surface area contributed by atoms with E-state index in [0.717, 1.165) is 0 Å². The van der Waals surface area contributed by atoms with Gasteiger partial charge in [-0.1, -0.05) is 6.92 Å². The Morgan fingerprint density at radius 2 is 1.88 bits per heavy atom. The molecular weight excluding hydrogens is 248 g/mol. The maximum Gasteiger partial charge on any atom is 0.175 e. The molecule has 0 saturated carbocycles. The first-order chi connectivity index (χ1) is 7.43. The monoisotopic (exact) mass is 262 g/mol. The standard InChI is InChI=1S/C11H15ClO3S/c1-9(7-12)8-15-10-3-5-11(6-4-10)16(2,13)14/h3-6,9H,7-8H2,1-2H3. The van der Waals surface area contributed by atoms with Gasteiger partial charge in [-0.05, 0) is 24.3 Å². The van der Waals surface area contributed by atoms with E-state index in [-0.39, 0.29) is 5.92 Å². The molecule has 1 aromatic rings. The molecule has 0 heterocycles. The van der Waals surface area contributed by atoms with Crippen molar-refractivity contribution < 1.29 is 13.2 Å². The van der Waals surface area contributed by atoms with Crippen LogP contribution in [0.3, 0.4) is 0 Å². The summed E-state index contributed by atoms with van der Waals surface area (Å²) < 4.78 is 27.8. The zero-order chi connectivity index (χ0) is 12.2. The Labute approximate surface area is 101 Å². The van der Waals surface area contributed by atoms with Gasteiger partial charge in [0.1, 0.15) is 5.75 Å². The van der Waals surface area contributed by atoms with E-state index in [1.807, 2.05) is 6.92 Å². The van der Waals surface area contributed by atoms with Crippen molar-refractivity contribution in [1.29, 1.82) is 0 Å². The van der Waals surface area contributed by atoms with Gasteiger partial charge >= 0.3 is 0 Å². The Morgan fingerprint density at radius 1 is 1.31 bits per heavy atom. The Bertz CT molecular complexity index is 425. The largest absolute Gasteiger partial charge is 0.493 e. The van der Waals surface area contributed by atoms with Crippen LogP contribution in [0.25, 0.3) is 0 Å². The summed E-state index contributed by atoms with van der Waals surface area (Å²) >= 11 is 5.64. The summed E-state index contributed by atoms with van der Waals surface area (Å²) in [6.07, 6.45) is 1.18. The molecule has 0 saturated heterocycles. The normalized spacial score (nSPS) is 13.4. The van der Waals surface area contributed by atoms with Crippen LogP contribution in [0, 0.1) is 5.92 Å². The molecule has 0 aliphatic carbocycles. The maximum atomic E-state index is 11.2. The number of alkyl halides is 1. The molecular formula is C11H15ClO3S. The fraction of sp³-hybridized carbons (Fsp3) is 0.455. The predicted molar refractivity (Wildman–Crippen MR) is 64.9 cm³/mol.